The quantitative estimate of drug-likeness (QED) is 0.671. The number of hydrogen-bond donors (Lipinski definition) is 1. The van der Waals surface area contributed by atoms with E-state index in [2.05, 4.69) is 5.32 Å². The Labute approximate surface area is 163 Å². The van der Waals surface area contributed by atoms with E-state index in [9.17, 15) is 9.18 Å². The van der Waals surface area contributed by atoms with Crippen LogP contribution >= 0.6 is 0 Å². The van der Waals surface area contributed by atoms with E-state index < -0.39 is 0 Å². The monoisotopic (exact) mass is 382 g/mol. The molecular weight excluding hydrogens is 359 g/mol. The first-order chi connectivity index (χ1) is 13.5. The number of hydrogen-bond acceptors (Lipinski definition) is 3. The Balaban J connectivity index is 1.69. The molecule has 5 nitrogen and oxygen atoms in total. The van der Waals surface area contributed by atoms with Gasteiger partial charge < -0.3 is 19.4 Å². The van der Waals surface area contributed by atoms with Gasteiger partial charge >= 0.3 is 0 Å². The van der Waals surface area contributed by atoms with Crippen LogP contribution in [0.15, 0.2) is 60.8 Å². The van der Waals surface area contributed by atoms with Crippen LogP contribution in [0.2, 0.25) is 0 Å². The van der Waals surface area contributed by atoms with Crippen LogP contribution in [0.3, 0.4) is 0 Å². The first kappa shape index (κ1) is 19.5. The lowest BCUT2D eigenvalue weighted by Crippen LogP contribution is -2.28. The fourth-order valence-corrected chi connectivity index (χ4v) is 3.08. The highest BCUT2D eigenvalue weighted by molar-refractivity contribution is 5.78. The molecular formula is C22H23FN2O3. The molecule has 1 N–H and O–H groups in total. The molecule has 3 aromatic rings. The molecule has 3 rings (SSSR count). The van der Waals surface area contributed by atoms with Gasteiger partial charge in [0.1, 0.15) is 5.82 Å². The third kappa shape index (κ3) is 4.34. The highest BCUT2D eigenvalue weighted by Gasteiger charge is 2.15. The second-order valence-electron chi connectivity index (χ2n) is 6.43. The number of aromatic nitrogens is 1. The molecule has 0 saturated carbocycles. The minimum atomic E-state index is -0.293. The van der Waals surface area contributed by atoms with Gasteiger partial charge in [-0.1, -0.05) is 6.07 Å². The Kier molecular flexibility index (Phi) is 5.99. The van der Waals surface area contributed by atoms with Crippen molar-refractivity contribution in [1.29, 1.82) is 0 Å². The van der Waals surface area contributed by atoms with E-state index in [1.54, 1.807) is 26.4 Å². The van der Waals surface area contributed by atoms with Gasteiger partial charge in [0, 0.05) is 17.6 Å². The fraction of sp³-hybridized carbons (Fsp3) is 0.227. The molecule has 1 amide bonds. The van der Waals surface area contributed by atoms with Gasteiger partial charge in [0.25, 0.3) is 0 Å². The van der Waals surface area contributed by atoms with Crippen molar-refractivity contribution in [3.8, 4) is 17.2 Å². The number of rotatable bonds is 7. The lowest BCUT2D eigenvalue weighted by atomic mass is 10.1. The molecule has 2 aromatic carbocycles. The molecule has 1 heterocycles. The number of halogens is 1. The third-order valence-corrected chi connectivity index (χ3v) is 4.56. The van der Waals surface area contributed by atoms with E-state index in [1.165, 1.54) is 12.1 Å². The zero-order valence-electron chi connectivity index (χ0n) is 16.1. The topological polar surface area (TPSA) is 52.5 Å². The van der Waals surface area contributed by atoms with Crippen molar-refractivity contribution in [1.82, 2.24) is 9.88 Å². The smallest absolute Gasteiger partial charge is 0.226 e. The molecule has 146 valence electrons. The van der Waals surface area contributed by atoms with Crippen LogP contribution in [-0.2, 0) is 11.2 Å². The second kappa shape index (κ2) is 8.61. The van der Waals surface area contributed by atoms with E-state index in [0.717, 1.165) is 16.9 Å². The summed E-state index contributed by atoms with van der Waals surface area (Å²) >= 11 is 0. The summed E-state index contributed by atoms with van der Waals surface area (Å²) in [7, 11) is 3.16. The Morgan fingerprint density at radius 1 is 1.07 bits per heavy atom. The first-order valence-corrected chi connectivity index (χ1v) is 8.95. The summed E-state index contributed by atoms with van der Waals surface area (Å²) in [6.07, 6.45) is 2.07. The Hall–Kier alpha value is -3.28. The molecule has 0 aliphatic carbocycles. The number of carbonyl (C=O) groups is 1. The average Bonchev–Trinajstić information content (AvgIpc) is 3.15. The molecule has 0 aliphatic rings. The molecule has 28 heavy (non-hydrogen) atoms. The molecule has 0 bridgehead atoms. The first-order valence-electron chi connectivity index (χ1n) is 8.95. The van der Waals surface area contributed by atoms with Gasteiger partial charge in [-0.3, -0.25) is 4.79 Å². The number of nitrogens with one attached hydrogen (secondary N) is 1. The summed E-state index contributed by atoms with van der Waals surface area (Å²) in [5.41, 5.74) is 2.55. The number of benzene rings is 2. The number of methoxy groups -OCH3 is 2. The summed E-state index contributed by atoms with van der Waals surface area (Å²) in [6.45, 7) is 1.91. The van der Waals surface area contributed by atoms with Crippen molar-refractivity contribution in [2.24, 2.45) is 0 Å². The summed E-state index contributed by atoms with van der Waals surface area (Å²) < 4.78 is 25.6. The van der Waals surface area contributed by atoms with E-state index >= 15 is 0 Å². The summed E-state index contributed by atoms with van der Waals surface area (Å²) in [5, 5.41) is 3.00. The number of ether oxygens (including phenoxy) is 2. The highest BCUT2D eigenvalue weighted by atomic mass is 19.1. The van der Waals surface area contributed by atoms with Gasteiger partial charge in [0.15, 0.2) is 11.5 Å². The van der Waals surface area contributed by atoms with Crippen LogP contribution in [0, 0.1) is 5.82 Å². The lowest BCUT2D eigenvalue weighted by molar-refractivity contribution is -0.121. The Morgan fingerprint density at radius 2 is 1.79 bits per heavy atom. The summed E-state index contributed by atoms with van der Waals surface area (Å²) in [4.78, 5) is 12.6. The van der Waals surface area contributed by atoms with Crippen LogP contribution in [-0.4, -0.2) is 24.7 Å². The van der Waals surface area contributed by atoms with Crippen molar-refractivity contribution in [2.75, 3.05) is 14.2 Å². The van der Waals surface area contributed by atoms with Crippen molar-refractivity contribution in [2.45, 2.75) is 19.4 Å². The Morgan fingerprint density at radius 3 is 2.46 bits per heavy atom. The maximum absolute atomic E-state index is 13.2. The Bertz CT molecular complexity index is 951. The summed E-state index contributed by atoms with van der Waals surface area (Å²) in [5.74, 6) is 0.858. The van der Waals surface area contributed by atoms with E-state index in [0.29, 0.717) is 11.5 Å². The minimum absolute atomic E-state index is 0.107. The minimum Gasteiger partial charge on any atom is -0.493 e. The van der Waals surface area contributed by atoms with Crippen LogP contribution in [0.25, 0.3) is 5.69 Å². The van der Waals surface area contributed by atoms with Crippen molar-refractivity contribution < 1.29 is 18.7 Å². The SMILES string of the molecule is COc1ccc(C(C)NC(=O)Cc2cccn2-c2ccc(F)cc2)cc1OC. The average molecular weight is 382 g/mol. The third-order valence-electron chi connectivity index (χ3n) is 4.56. The lowest BCUT2D eigenvalue weighted by Gasteiger charge is -2.17. The normalized spacial score (nSPS) is 11.7. The van der Waals surface area contributed by atoms with Crippen molar-refractivity contribution in [3.05, 3.63) is 77.9 Å². The largest absolute Gasteiger partial charge is 0.493 e. The highest BCUT2D eigenvalue weighted by Crippen LogP contribution is 2.29. The van der Waals surface area contributed by atoms with Crippen LogP contribution in [0.5, 0.6) is 11.5 Å². The van der Waals surface area contributed by atoms with E-state index in [4.69, 9.17) is 9.47 Å². The van der Waals surface area contributed by atoms with Gasteiger partial charge in [-0.2, -0.15) is 0 Å². The van der Waals surface area contributed by atoms with Gasteiger partial charge in [-0.25, -0.2) is 4.39 Å². The summed E-state index contributed by atoms with van der Waals surface area (Å²) in [6, 6.07) is 15.3. The predicted molar refractivity (Wildman–Crippen MR) is 106 cm³/mol. The second-order valence-corrected chi connectivity index (χ2v) is 6.43. The van der Waals surface area contributed by atoms with Gasteiger partial charge in [0.2, 0.25) is 5.91 Å². The van der Waals surface area contributed by atoms with Crippen LogP contribution in [0.1, 0.15) is 24.2 Å². The van der Waals surface area contributed by atoms with Gasteiger partial charge in [-0.15, -0.1) is 0 Å². The molecule has 0 radical (unpaired) electrons. The van der Waals surface area contributed by atoms with Gasteiger partial charge in [-0.05, 0) is 61.0 Å². The number of nitrogens with zero attached hydrogens (tertiary/aromatic N) is 1. The molecule has 6 heteroatoms. The molecule has 1 aromatic heterocycles. The fourth-order valence-electron chi connectivity index (χ4n) is 3.08. The number of amides is 1. The molecule has 0 saturated heterocycles. The maximum Gasteiger partial charge on any atom is 0.226 e. The number of carbonyl (C=O) groups excluding carboxylic acids is 1. The standard InChI is InChI=1S/C22H23FN2O3/c1-15(16-6-11-20(27-2)21(13-16)28-3)24-22(26)14-19-5-4-12-25(19)18-9-7-17(23)8-10-18/h4-13,15H,14H2,1-3H3,(H,24,26). The maximum atomic E-state index is 13.2. The predicted octanol–water partition coefficient (Wildman–Crippen LogP) is 4.05. The zero-order chi connectivity index (χ0) is 20.1. The molecule has 1 atom stereocenters. The molecule has 1 unspecified atom stereocenters. The van der Waals surface area contributed by atoms with Crippen molar-refractivity contribution in [3.63, 3.8) is 0 Å². The van der Waals surface area contributed by atoms with E-state index in [-0.39, 0.29) is 24.2 Å². The molecule has 0 fully saturated rings. The molecule has 0 aliphatic heterocycles. The van der Waals surface area contributed by atoms with Crippen LogP contribution in [0.4, 0.5) is 4.39 Å². The van der Waals surface area contributed by atoms with E-state index in [1.807, 2.05) is 48.0 Å². The zero-order valence-corrected chi connectivity index (χ0v) is 16.1. The molecule has 0 spiro atoms. The van der Waals surface area contributed by atoms with Crippen molar-refractivity contribution >= 4 is 5.91 Å². The van der Waals surface area contributed by atoms with Gasteiger partial charge in [0.05, 0.1) is 26.7 Å². The van der Waals surface area contributed by atoms with Crippen LogP contribution < -0.4 is 14.8 Å².